The molecule has 2 heterocycles. The highest BCUT2D eigenvalue weighted by Gasteiger charge is 2.27. The van der Waals surface area contributed by atoms with Crippen LogP contribution in [0.5, 0.6) is 0 Å². The summed E-state index contributed by atoms with van der Waals surface area (Å²) in [6, 6.07) is 0.355. The number of nitrogens with one attached hydrogen (secondary N) is 1. The summed E-state index contributed by atoms with van der Waals surface area (Å²) in [6.45, 7) is 10.4. The third kappa shape index (κ3) is 5.43. The molecule has 2 saturated heterocycles. The van der Waals surface area contributed by atoms with E-state index in [9.17, 15) is 4.79 Å². The Kier molecular flexibility index (Phi) is 6.93. The summed E-state index contributed by atoms with van der Waals surface area (Å²) in [6.07, 6.45) is 7.57. The molecule has 3 aliphatic rings. The lowest BCUT2D eigenvalue weighted by Gasteiger charge is -2.28. The second-order valence-corrected chi connectivity index (χ2v) is 8.04. The van der Waals surface area contributed by atoms with Gasteiger partial charge in [-0.1, -0.05) is 32.6 Å². The van der Waals surface area contributed by atoms with Crippen molar-refractivity contribution in [2.24, 2.45) is 11.8 Å². The minimum atomic E-state index is 0.176. The van der Waals surface area contributed by atoms with Crippen molar-refractivity contribution in [1.82, 2.24) is 15.1 Å². The standard InChI is InChI=1S/C19H35N3O2/c1-16(14-17-4-2-3-5-17)19(23)20-18-6-7-22(15-18)9-8-21-10-12-24-13-11-21/h16-18H,2-15H2,1H3,(H,20,23)/t16-,18+/m1/s1. The summed E-state index contributed by atoms with van der Waals surface area (Å²) in [4.78, 5) is 17.4. The normalized spacial score (nSPS) is 28.3. The lowest BCUT2D eigenvalue weighted by atomic mass is 9.94. The fourth-order valence-corrected chi connectivity index (χ4v) is 4.46. The van der Waals surface area contributed by atoms with Crippen LogP contribution in [0.2, 0.25) is 0 Å². The van der Waals surface area contributed by atoms with E-state index in [1.165, 1.54) is 25.7 Å². The lowest BCUT2D eigenvalue weighted by Crippen LogP contribution is -2.43. The quantitative estimate of drug-likeness (QED) is 0.768. The Balaban J connectivity index is 1.32. The van der Waals surface area contributed by atoms with Crippen molar-refractivity contribution in [3.8, 4) is 0 Å². The van der Waals surface area contributed by atoms with Gasteiger partial charge in [0.25, 0.3) is 0 Å². The van der Waals surface area contributed by atoms with Gasteiger partial charge in [0.15, 0.2) is 0 Å². The molecule has 2 aliphatic heterocycles. The summed E-state index contributed by atoms with van der Waals surface area (Å²) in [5.74, 6) is 1.25. The Labute approximate surface area is 147 Å². The van der Waals surface area contributed by atoms with Crippen LogP contribution in [0.25, 0.3) is 0 Å². The first kappa shape index (κ1) is 18.2. The summed E-state index contributed by atoms with van der Waals surface area (Å²) in [5.41, 5.74) is 0. The molecule has 0 aromatic rings. The second kappa shape index (κ2) is 9.16. The first-order chi connectivity index (χ1) is 11.7. The average molecular weight is 338 g/mol. The van der Waals surface area contributed by atoms with Gasteiger partial charge in [-0.3, -0.25) is 14.6 Å². The van der Waals surface area contributed by atoms with Crippen LogP contribution in [-0.2, 0) is 9.53 Å². The van der Waals surface area contributed by atoms with Gasteiger partial charge in [-0.2, -0.15) is 0 Å². The van der Waals surface area contributed by atoms with E-state index in [4.69, 9.17) is 4.74 Å². The number of rotatable bonds is 7. The third-order valence-corrected chi connectivity index (χ3v) is 6.06. The number of nitrogens with zero attached hydrogens (tertiary/aromatic N) is 2. The SMILES string of the molecule is C[C@H](CC1CCCC1)C(=O)N[C@H]1CCN(CCN2CCOCC2)C1. The number of morpholine rings is 1. The minimum absolute atomic E-state index is 0.176. The molecule has 0 aromatic heterocycles. The van der Waals surface area contributed by atoms with Crippen LogP contribution in [-0.4, -0.2) is 74.2 Å². The number of hydrogen-bond donors (Lipinski definition) is 1. The highest BCUT2D eigenvalue weighted by atomic mass is 16.5. The first-order valence-electron chi connectivity index (χ1n) is 10.0. The van der Waals surface area contributed by atoms with Crippen molar-refractivity contribution in [2.75, 3.05) is 52.5 Å². The van der Waals surface area contributed by atoms with E-state index in [0.717, 1.165) is 71.2 Å². The average Bonchev–Trinajstić information content (AvgIpc) is 3.26. The monoisotopic (exact) mass is 337 g/mol. The Morgan fingerprint density at radius 2 is 1.79 bits per heavy atom. The Morgan fingerprint density at radius 1 is 1.08 bits per heavy atom. The van der Waals surface area contributed by atoms with Crippen LogP contribution < -0.4 is 5.32 Å². The molecule has 3 rings (SSSR count). The molecule has 5 nitrogen and oxygen atoms in total. The maximum absolute atomic E-state index is 12.4. The number of carbonyl (C=O) groups excluding carboxylic acids is 1. The molecule has 0 bridgehead atoms. The van der Waals surface area contributed by atoms with Crippen molar-refractivity contribution < 1.29 is 9.53 Å². The van der Waals surface area contributed by atoms with Crippen molar-refractivity contribution in [1.29, 1.82) is 0 Å². The van der Waals surface area contributed by atoms with Gasteiger partial charge in [-0.05, 0) is 18.8 Å². The summed E-state index contributed by atoms with van der Waals surface area (Å²) < 4.78 is 5.40. The van der Waals surface area contributed by atoms with Crippen LogP contribution in [0.3, 0.4) is 0 Å². The van der Waals surface area contributed by atoms with E-state index in [-0.39, 0.29) is 11.8 Å². The molecule has 0 unspecified atom stereocenters. The van der Waals surface area contributed by atoms with Gasteiger partial charge >= 0.3 is 0 Å². The van der Waals surface area contributed by atoms with Crippen LogP contribution in [0.15, 0.2) is 0 Å². The maximum atomic E-state index is 12.4. The van der Waals surface area contributed by atoms with Gasteiger partial charge in [0.05, 0.1) is 13.2 Å². The second-order valence-electron chi connectivity index (χ2n) is 8.04. The molecule has 1 aliphatic carbocycles. The third-order valence-electron chi connectivity index (χ3n) is 6.06. The molecule has 3 fully saturated rings. The topological polar surface area (TPSA) is 44.8 Å². The molecule has 0 radical (unpaired) electrons. The molecule has 1 N–H and O–H groups in total. The molecule has 5 heteroatoms. The van der Waals surface area contributed by atoms with Crippen molar-refractivity contribution in [3.05, 3.63) is 0 Å². The Morgan fingerprint density at radius 3 is 2.54 bits per heavy atom. The summed E-state index contributed by atoms with van der Waals surface area (Å²) >= 11 is 0. The molecule has 24 heavy (non-hydrogen) atoms. The zero-order valence-electron chi connectivity index (χ0n) is 15.3. The predicted molar refractivity (Wildman–Crippen MR) is 96.0 cm³/mol. The molecule has 0 aromatic carbocycles. The highest BCUT2D eigenvalue weighted by Crippen LogP contribution is 2.30. The van der Waals surface area contributed by atoms with Gasteiger partial charge < -0.3 is 10.1 Å². The fourth-order valence-electron chi connectivity index (χ4n) is 4.46. The fraction of sp³-hybridized carbons (Fsp3) is 0.947. The number of amides is 1. The van der Waals surface area contributed by atoms with Gasteiger partial charge in [-0.15, -0.1) is 0 Å². The van der Waals surface area contributed by atoms with E-state index < -0.39 is 0 Å². The van der Waals surface area contributed by atoms with Gasteiger partial charge in [0.2, 0.25) is 5.91 Å². The van der Waals surface area contributed by atoms with Gasteiger partial charge in [0.1, 0.15) is 0 Å². The molecular formula is C19H35N3O2. The summed E-state index contributed by atoms with van der Waals surface area (Å²) in [5, 5.41) is 3.31. The Hall–Kier alpha value is -0.650. The molecule has 2 atom stereocenters. The van der Waals surface area contributed by atoms with Gasteiger partial charge in [-0.25, -0.2) is 0 Å². The molecule has 0 spiro atoms. The lowest BCUT2D eigenvalue weighted by molar-refractivity contribution is -0.125. The first-order valence-corrected chi connectivity index (χ1v) is 10.0. The van der Waals surface area contributed by atoms with Crippen molar-refractivity contribution >= 4 is 5.91 Å². The van der Waals surface area contributed by atoms with Crippen molar-refractivity contribution in [3.63, 3.8) is 0 Å². The van der Waals surface area contributed by atoms with E-state index in [1.54, 1.807) is 0 Å². The largest absolute Gasteiger partial charge is 0.379 e. The molecule has 1 saturated carbocycles. The van der Waals surface area contributed by atoms with Gasteiger partial charge in [0, 0.05) is 51.2 Å². The minimum Gasteiger partial charge on any atom is -0.379 e. The maximum Gasteiger partial charge on any atom is 0.223 e. The molecule has 1 amide bonds. The number of ether oxygens (including phenoxy) is 1. The summed E-state index contributed by atoms with van der Waals surface area (Å²) in [7, 11) is 0. The Bertz CT molecular complexity index is 392. The number of carbonyl (C=O) groups is 1. The predicted octanol–water partition coefficient (Wildman–Crippen LogP) is 1.73. The van der Waals surface area contributed by atoms with Crippen molar-refractivity contribution in [2.45, 2.75) is 51.5 Å². The van der Waals surface area contributed by atoms with Crippen LogP contribution in [0, 0.1) is 11.8 Å². The van der Waals surface area contributed by atoms with Crippen LogP contribution >= 0.6 is 0 Å². The van der Waals surface area contributed by atoms with E-state index >= 15 is 0 Å². The van der Waals surface area contributed by atoms with Crippen LogP contribution in [0.1, 0.15) is 45.4 Å². The van der Waals surface area contributed by atoms with Crippen LogP contribution in [0.4, 0.5) is 0 Å². The van der Waals surface area contributed by atoms with E-state index in [1.807, 2.05) is 0 Å². The van der Waals surface area contributed by atoms with E-state index in [2.05, 4.69) is 22.0 Å². The molecule has 138 valence electrons. The highest BCUT2D eigenvalue weighted by molar-refractivity contribution is 5.78. The molecular weight excluding hydrogens is 302 g/mol. The zero-order chi connectivity index (χ0) is 16.8. The zero-order valence-corrected chi connectivity index (χ0v) is 15.3. The number of likely N-dealkylation sites (tertiary alicyclic amines) is 1. The number of hydrogen-bond acceptors (Lipinski definition) is 4. The smallest absolute Gasteiger partial charge is 0.223 e. The van der Waals surface area contributed by atoms with E-state index in [0.29, 0.717) is 6.04 Å².